The van der Waals surface area contributed by atoms with Crippen LogP contribution in [-0.4, -0.2) is 28.9 Å². The minimum Gasteiger partial charge on any atom is -0.369 e. The van der Waals surface area contributed by atoms with Gasteiger partial charge in [-0.15, -0.1) is 0 Å². The maximum atomic E-state index is 11.1. The van der Waals surface area contributed by atoms with Crippen LogP contribution in [0.1, 0.15) is 40.0 Å². The fraction of sp³-hybridized carbons (Fsp3) is 0.750. The maximum absolute atomic E-state index is 11.1. The molecule has 3 nitrogen and oxygen atoms in total. The van der Waals surface area contributed by atoms with Crippen molar-refractivity contribution in [2.75, 3.05) is 6.54 Å². The lowest BCUT2D eigenvalue weighted by atomic mass is 9.95. The summed E-state index contributed by atoms with van der Waals surface area (Å²) < 4.78 is 0. The molecule has 1 unspecified atom stereocenters. The average molecular weight is 210 g/mol. The number of allylic oxidation sites excluding steroid dienone is 1. The number of primary amides is 1. The molecule has 1 amide bonds. The monoisotopic (exact) mass is 210 g/mol. The SMILES string of the molecule is CC(C)(C)N(CC(N)=O)C1C=CCCC1. The van der Waals surface area contributed by atoms with Crippen LogP contribution in [0.4, 0.5) is 0 Å². The van der Waals surface area contributed by atoms with Gasteiger partial charge in [0.1, 0.15) is 0 Å². The highest BCUT2D eigenvalue weighted by Crippen LogP contribution is 2.23. The third-order valence-electron chi connectivity index (χ3n) is 2.82. The van der Waals surface area contributed by atoms with Gasteiger partial charge in [0.2, 0.25) is 5.91 Å². The molecule has 86 valence electrons. The molecule has 1 aliphatic rings. The highest BCUT2D eigenvalue weighted by molar-refractivity contribution is 5.76. The molecule has 15 heavy (non-hydrogen) atoms. The normalized spacial score (nSPS) is 22.0. The van der Waals surface area contributed by atoms with E-state index in [9.17, 15) is 4.79 Å². The summed E-state index contributed by atoms with van der Waals surface area (Å²) in [6.07, 6.45) is 7.89. The van der Waals surface area contributed by atoms with Crippen LogP contribution in [0, 0.1) is 0 Å². The number of nitrogens with zero attached hydrogens (tertiary/aromatic N) is 1. The molecular weight excluding hydrogens is 188 g/mol. The molecule has 0 heterocycles. The Kier molecular flexibility index (Phi) is 3.91. The van der Waals surface area contributed by atoms with E-state index in [1.54, 1.807) is 0 Å². The summed E-state index contributed by atoms with van der Waals surface area (Å²) in [7, 11) is 0. The Bertz CT molecular complexity index is 253. The van der Waals surface area contributed by atoms with Crippen molar-refractivity contribution in [1.29, 1.82) is 0 Å². The first-order valence-corrected chi connectivity index (χ1v) is 5.63. The van der Waals surface area contributed by atoms with Crippen molar-refractivity contribution < 1.29 is 4.79 Å². The zero-order valence-electron chi connectivity index (χ0n) is 9.99. The summed E-state index contributed by atoms with van der Waals surface area (Å²) in [5, 5.41) is 0. The number of hydrogen-bond acceptors (Lipinski definition) is 2. The van der Waals surface area contributed by atoms with Crippen LogP contribution in [0.5, 0.6) is 0 Å². The summed E-state index contributed by atoms with van der Waals surface area (Å²) >= 11 is 0. The topological polar surface area (TPSA) is 46.3 Å². The third-order valence-corrected chi connectivity index (χ3v) is 2.82. The molecule has 0 aromatic heterocycles. The first kappa shape index (κ1) is 12.2. The van der Waals surface area contributed by atoms with E-state index in [-0.39, 0.29) is 11.4 Å². The van der Waals surface area contributed by atoms with E-state index in [4.69, 9.17) is 5.73 Å². The van der Waals surface area contributed by atoms with Gasteiger partial charge in [-0.1, -0.05) is 12.2 Å². The average Bonchev–Trinajstić information content (AvgIpc) is 2.14. The van der Waals surface area contributed by atoms with Gasteiger partial charge < -0.3 is 5.73 Å². The van der Waals surface area contributed by atoms with Crippen LogP contribution >= 0.6 is 0 Å². The molecule has 0 bridgehead atoms. The Morgan fingerprint density at radius 2 is 2.20 bits per heavy atom. The van der Waals surface area contributed by atoms with Gasteiger partial charge in [0.15, 0.2) is 0 Å². The number of hydrogen-bond donors (Lipinski definition) is 1. The molecule has 0 fully saturated rings. The number of nitrogens with two attached hydrogens (primary N) is 1. The molecule has 3 heteroatoms. The quantitative estimate of drug-likeness (QED) is 0.720. The maximum Gasteiger partial charge on any atom is 0.231 e. The van der Waals surface area contributed by atoms with Crippen LogP contribution in [-0.2, 0) is 4.79 Å². The van der Waals surface area contributed by atoms with Crippen molar-refractivity contribution in [2.24, 2.45) is 5.73 Å². The smallest absolute Gasteiger partial charge is 0.231 e. The van der Waals surface area contributed by atoms with Gasteiger partial charge >= 0.3 is 0 Å². The van der Waals surface area contributed by atoms with Crippen molar-refractivity contribution in [2.45, 2.75) is 51.6 Å². The van der Waals surface area contributed by atoms with Crippen LogP contribution in [0.2, 0.25) is 0 Å². The summed E-state index contributed by atoms with van der Waals surface area (Å²) in [5.74, 6) is -0.246. The van der Waals surface area contributed by atoms with Crippen LogP contribution < -0.4 is 5.73 Å². The highest BCUT2D eigenvalue weighted by Gasteiger charge is 2.29. The Balaban J connectivity index is 2.75. The largest absolute Gasteiger partial charge is 0.369 e. The molecule has 0 spiro atoms. The second kappa shape index (κ2) is 4.79. The minimum atomic E-state index is -0.246. The molecule has 0 radical (unpaired) electrons. The standard InChI is InChI=1S/C12H22N2O/c1-12(2,3)14(9-11(13)15)10-7-5-4-6-8-10/h5,7,10H,4,6,8-9H2,1-3H3,(H2,13,15). The molecular formula is C12H22N2O. The van der Waals surface area contributed by atoms with Gasteiger partial charge in [-0.2, -0.15) is 0 Å². The fourth-order valence-electron chi connectivity index (χ4n) is 2.07. The van der Waals surface area contributed by atoms with Crippen LogP contribution in [0.3, 0.4) is 0 Å². The molecule has 0 aliphatic heterocycles. The summed E-state index contributed by atoms with van der Waals surface area (Å²) in [4.78, 5) is 13.2. The second-order valence-electron chi connectivity index (χ2n) is 5.19. The van der Waals surface area contributed by atoms with Gasteiger partial charge in [-0.05, 0) is 40.0 Å². The summed E-state index contributed by atoms with van der Waals surface area (Å²) in [6.45, 7) is 6.72. The molecule has 1 aliphatic carbocycles. The van der Waals surface area contributed by atoms with Crippen molar-refractivity contribution in [3.63, 3.8) is 0 Å². The number of rotatable bonds is 3. The summed E-state index contributed by atoms with van der Waals surface area (Å²) in [5.41, 5.74) is 5.28. The summed E-state index contributed by atoms with van der Waals surface area (Å²) in [6, 6.07) is 0.367. The molecule has 0 saturated carbocycles. The van der Waals surface area contributed by atoms with Gasteiger partial charge in [-0.3, -0.25) is 9.69 Å². The van der Waals surface area contributed by atoms with E-state index in [1.165, 1.54) is 6.42 Å². The lowest BCUT2D eigenvalue weighted by Crippen LogP contribution is -2.51. The first-order chi connectivity index (χ1) is 6.91. The molecule has 1 rings (SSSR count). The van der Waals surface area contributed by atoms with E-state index < -0.39 is 0 Å². The van der Waals surface area contributed by atoms with Crippen molar-refractivity contribution in [1.82, 2.24) is 4.90 Å². The first-order valence-electron chi connectivity index (χ1n) is 5.63. The van der Waals surface area contributed by atoms with Crippen molar-refractivity contribution in [3.8, 4) is 0 Å². The van der Waals surface area contributed by atoms with Crippen LogP contribution in [0.15, 0.2) is 12.2 Å². The predicted octanol–water partition coefficient (Wildman–Crippen LogP) is 1.68. The number of carbonyl (C=O) groups excluding carboxylic acids is 1. The zero-order chi connectivity index (χ0) is 11.5. The van der Waals surface area contributed by atoms with E-state index in [0.29, 0.717) is 12.6 Å². The Labute approximate surface area is 92.3 Å². The molecule has 2 N–H and O–H groups in total. The fourth-order valence-corrected chi connectivity index (χ4v) is 2.07. The third kappa shape index (κ3) is 3.67. The molecule has 0 aromatic carbocycles. The molecule has 1 atom stereocenters. The Morgan fingerprint density at radius 1 is 1.53 bits per heavy atom. The molecule has 0 aromatic rings. The van der Waals surface area contributed by atoms with Gasteiger partial charge in [0, 0.05) is 11.6 Å². The van der Waals surface area contributed by atoms with E-state index >= 15 is 0 Å². The molecule has 0 saturated heterocycles. The Morgan fingerprint density at radius 3 is 2.60 bits per heavy atom. The van der Waals surface area contributed by atoms with Gasteiger partial charge in [0.05, 0.1) is 6.54 Å². The predicted molar refractivity (Wildman–Crippen MR) is 62.4 cm³/mol. The van der Waals surface area contributed by atoms with Crippen molar-refractivity contribution >= 4 is 5.91 Å². The van der Waals surface area contributed by atoms with E-state index in [1.807, 2.05) is 0 Å². The second-order valence-corrected chi connectivity index (χ2v) is 5.19. The van der Waals surface area contributed by atoms with Gasteiger partial charge in [-0.25, -0.2) is 0 Å². The highest BCUT2D eigenvalue weighted by atomic mass is 16.1. The van der Waals surface area contributed by atoms with Crippen LogP contribution in [0.25, 0.3) is 0 Å². The zero-order valence-corrected chi connectivity index (χ0v) is 9.99. The number of carbonyl (C=O) groups is 1. The lowest BCUT2D eigenvalue weighted by molar-refractivity contribution is -0.121. The number of amides is 1. The van der Waals surface area contributed by atoms with E-state index in [0.717, 1.165) is 12.8 Å². The minimum absolute atomic E-state index is 0.0125. The van der Waals surface area contributed by atoms with Crippen molar-refractivity contribution in [3.05, 3.63) is 12.2 Å². The lowest BCUT2D eigenvalue weighted by Gasteiger charge is -2.40. The van der Waals surface area contributed by atoms with E-state index in [2.05, 4.69) is 37.8 Å². The Hall–Kier alpha value is -0.830. The van der Waals surface area contributed by atoms with Gasteiger partial charge in [0.25, 0.3) is 0 Å².